The Hall–Kier alpha value is -0.830. The minimum atomic E-state index is -0.546. The Morgan fingerprint density at radius 3 is 2.75 bits per heavy atom. The summed E-state index contributed by atoms with van der Waals surface area (Å²) in [6.07, 6.45) is 6.77. The van der Waals surface area contributed by atoms with Gasteiger partial charge in [0.25, 0.3) is 0 Å². The maximum atomic E-state index is 10.6. The molecule has 1 aromatic heterocycles. The van der Waals surface area contributed by atoms with E-state index >= 15 is 0 Å². The molecule has 0 bridgehead atoms. The van der Waals surface area contributed by atoms with E-state index < -0.39 is 5.60 Å². The number of hydrogen-bond acceptors (Lipinski definition) is 2. The molecule has 3 nitrogen and oxygen atoms in total. The van der Waals surface area contributed by atoms with Crippen LogP contribution in [-0.2, 0) is 13.5 Å². The van der Waals surface area contributed by atoms with E-state index in [0.717, 1.165) is 25.0 Å². The van der Waals surface area contributed by atoms with Crippen LogP contribution in [-0.4, -0.2) is 20.5 Å². The average molecular weight is 222 g/mol. The molecule has 1 aliphatic carbocycles. The quantitative estimate of drug-likeness (QED) is 0.833. The van der Waals surface area contributed by atoms with Gasteiger partial charge in [0, 0.05) is 19.7 Å². The summed E-state index contributed by atoms with van der Waals surface area (Å²) in [7, 11) is 1.92. The Kier molecular flexibility index (Phi) is 2.82. The van der Waals surface area contributed by atoms with E-state index in [2.05, 4.69) is 18.9 Å². The molecule has 0 saturated heterocycles. The van der Waals surface area contributed by atoms with Crippen molar-refractivity contribution in [3.8, 4) is 0 Å². The van der Waals surface area contributed by atoms with Gasteiger partial charge in [-0.2, -0.15) is 5.10 Å². The van der Waals surface area contributed by atoms with Crippen LogP contribution in [0.25, 0.3) is 0 Å². The van der Waals surface area contributed by atoms with Crippen LogP contribution in [0.4, 0.5) is 0 Å². The third kappa shape index (κ3) is 2.64. The smallest absolute Gasteiger partial charge is 0.0708 e. The molecule has 0 spiro atoms. The molecule has 1 N–H and O–H groups in total. The second kappa shape index (κ2) is 3.88. The summed E-state index contributed by atoms with van der Waals surface area (Å²) in [5.74, 6) is 0. The lowest BCUT2D eigenvalue weighted by Crippen LogP contribution is -2.40. The zero-order valence-corrected chi connectivity index (χ0v) is 10.5. The molecule has 0 amide bonds. The molecule has 1 unspecified atom stereocenters. The maximum absolute atomic E-state index is 10.6. The Morgan fingerprint density at radius 2 is 2.19 bits per heavy atom. The average Bonchev–Trinajstić information content (AvgIpc) is 2.47. The summed E-state index contributed by atoms with van der Waals surface area (Å²) < 4.78 is 1.80. The number of aryl methyl sites for hydroxylation is 1. The van der Waals surface area contributed by atoms with Crippen LogP contribution >= 0.6 is 0 Å². The summed E-state index contributed by atoms with van der Waals surface area (Å²) in [5.41, 5.74) is 0.723. The van der Waals surface area contributed by atoms with Crippen molar-refractivity contribution in [1.82, 2.24) is 9.78 Å². The van der Waals surface area contributed by atoms with E-state index in [1.54, 1.807) is 4.68 Å². The van der Waals surface area contributed by atoms with Crippen molar-refractivity contribution in [1.29, 1.82) is 0 Å². The fourth-order valence-corrected chi connectivity index (χ4v) is 3.01. The van der Waals surface area contributed by atoms with E-state index in [0.29, 0.717) is 6.42 Å². The third-order valence-electron chi connectivity index (χ3n) is 3.58. The predicted molar refractivity (Wildman–Crippen MR) is 64.1 cm³/mol. The van der Waals surface area contributed by atoms with Gasteiger partial charge in [-0.25, -0.2) is 0 Å². The monoisotopic (exact) mass is 222 g/mol. The molecular weight excluding hydrogens is 200 g/mol. The van der Waals surface area contributed by atoms with Gasteiger partial charge < -0.3 is 5.11 Å². The summed E-state index contributed by atoms with van der Waals surface area (Å²) >= 11 is 0. The van der Waals surface area contributed by atoms with Crippen molar-refractivity contribution >= 4 is 0 Å². The maximum Gasteiger partial charge on any atom is 0.0708 e. The number of rotatable bonds is 2. The molecule has 1 aromatic rings. The summed E-state index contributed by atoms with van der Waals surface area (Å²) in [5, 5.41) is 15.0. The van der Waals surface area contributed by atoms with Crippen LogP contribution in [0.5, 0.6) is 0 Å². The van der Waals surface area contributed by atoms with Crippen LogP contribution in [0.2, 0.25) is 0 Å². The van der Waals surface area contributed by atoms with Gasteiger partial charge in [-0.1, -0.05) is 20.3 Å². The Labute approximate surface area is 97.5 Å². The van der Waals surface area contributed by atoms with Gasteiger partial charge in [0.2, 0.25) is 0 Å². The molecule has 1 heterocycles. The van der Waals surface area contributed by atoms with Crippen LogP contribution in [0, 0.1) is 5.41 Å². The van der Waals surface area contributed by atoms with Gasteiger partial charge in [-0.3, -0.25) is 4.68 Å². The molecule has 0 aromatic carbocycles. The molecule has 0 radical (unpaired) electrons. The van der Waals surface area contributed by atoms with Crippen LogP contribution in [0.1, 0.15) is 45.2 Å². The normalized spacial score (nSPS) is 29.2. The molecule has 1 atom stereocenters. The molecule has 90 valence electrons. The standard InChI is InChI=1S/C13H22N2O/c1-12(2)6-4-7-13(16,10-12)9-11-5-8-15(3)14-11/h5,8,16H,4,6-7,9-10H2,1-3H3. The first-order valence-electron chi connectivity index (χ1n) is 6.10. The van der Waals surface area contributed by atoms with Gasteiger partial charge in [0.05, 0.1) is 11.3 Å². The minimum absolute atomic E-state index is 0.266. The molecule has 1 saturated carbocycles. The largest absolute Gasteiger partial charge is 0.389 e. The first-order valence-corrected chi connectivity index (χ1v) is 6.10. The second-order valence-electron chi connectivity index (χ2n) is 6.08. The number of nitrogens with zero attached hydrogens (tertiary/aromatic N) is 2. The molecule has 0 aliphatic heterocycles. The summed E-state index contributed by atoms with van der Waals surface area (Å²) in [6.45, 7) is 4.49. The Bertz CT molecular complexity index is 370. The Balaban J connectivity index is 2.07. The zero-order valence-electron chi connectivity index (χ0n) is 10.5. The highest BCUT2D eigenvalue weighted by atomic mass is 16.3. The van der Waals surface area contributed by atoms with Gasteiger partial charge in [0.15, 0.2) is 0 Å². The molecule has 3 heteroatoms. The fraction of sp³-hybridized carbons (Fsp3) is 0.769. The van der Waals surface area contributed by atoms with E-state index in [1.807, 2.05) is 19.3 Å². The van der Waals surface area contributed by atoms with Crippen molar-refractivity contribution < 1.29 is 5.11 Å². The summed E-state index contributed by atoms with van der Waals surface area (Å²) in [4.78, 5) is 0. The molecular formula is C13H22N2O. The van der Waals surface area contributed by atoms with E-state index in [1.165, 1.54) is 6.42 Å². The van der Waals surface area contributed by atoms with Crippen molar-refractivity contribution in [3.63, 3.8) is 0 Å². The van der Waals surface area contributed by atoms with Gasteiger partial charge >= 0.3 is 0 Å². The van der Waals surface area contributed by atoms with Crippen LogP contribution in [0.3, 0.4) is 0 Å². The minimum Gasteiger partial charge on any atom is -0.389 e. The summed E-state index contributed by atoms with van der Waals surface area (Å²) in [6, 6.07) is 2.00. The molecule has 1 fully saturated rings. The van der Waals surface area contributed by atoms with Crippen molar-refractivity contribution in [2.24, 2.45) is 12.5 Å². The zero-order chi connectivity index (χ0) is 11.8. The second-order valence-corrected chi connectivity index (χ2v) is 6.08. The Morgan fingerprint density at radius 1 is 1.44 bits per heavy atom. The highest BCUT2D eigenvalue weighted by Gasteiger charge is 2.38. The van der Waals surface area contributed by atoms with Gasteiger partial charge in [-0.05, 0) is 30.7 Å². The topological polar surface area (TPSA) is 38.0 Å². The first kappa shape index (κ1) is 11.6. The third-order valence-corrected chi connectivity index (χ3v) is 3.58. The highest BCUT2D eigenvalue weighted by molar-refractivity contribution is 5.06. The SMILES string of the molecule is Cn1ccc(CC2(O)CCCC(C)(C)C2)n1. The van der Waals surface area contributed by atoms with Crippen molar-refractivity contribution in [2.75, 3.05) is 0 Å². The first-order chi connectivity index (χ1) is 7.39. The van der Waals surface area contributed by atoms with Crippen LogP contribution in [0.15, 0.2) is 12.3 Å². The highest BCUT2D eigenvalue weighted by Crippen LogP contribution is 2.42. The van der Waals surface area contributed by atoms with Crippen LogP contribution < -0.4 is 0 Å². The molecule has 16 heavy (non-hydrogen) atoms. The lowest BCUT2D eigenvalue weighted by molar-refractivity contribution is -0.0389. The van der Waals surface area contributed by atoms with E-state index in [4.69, 9.17) is 0 Å². The van der Waals surface area contributed by atoms with Crippen molar-refractivity contribution in [3.05, 3.63) is 18.0 Å². The van der Waals surface area contributed by atoms with E-state index in [-0.39, 0.29) is 5.41 Å². The van der Waals surface area contributed by atoms with Gasteiger partial charge in [0.1, 0.15) is 0 Å². The van der Waals surface area contributed by atoms with Crippen molar-refractivity contribution in [2.45, 2.75) is 51.6 Å². The molecule has 2 rings (SSSR count). The fourth-order valence-electron chi connectivity index (χ4n) is 3.01. The van der Waals surface area contributed by atoms with E-state index in [9.17, 15) is 5.11 Å². The predicted octanol–water partition coefficient (Wildman–Crippen LogP) is 2.29. The number of aliphatic hydroxyl groups is 1. The lowest BCUT2D eigenvalue weighted by Gasteiger charge is -2.41. The lowest BCUT2D eigenvalue weighted by atomic mass is 9.68. The number of hydrogen-bond donors (Lipinski definition) is 1. The number of aromatic nitrogens is 2. The molecule has 1 aliphatic rings. The van der Waals surface area contributed by atoms with Gasteiger partial charge in [-0.15, -0.1) is 0 Å².